The summed E-state index contributed by atoms with van der Waals surface area (Å²) in [7, 11) is 0. The number of benzene rings is 2. The summed E-state index contributed by atoms with van der Waals surface area (Å²) in [6.07, 6.45) is 0. The molecule has 0 unspecified atom stereocenters. The summed E-state index contributed by atoms with van der Waals surface area (Å²) in [6, 6.07) is 7.88. The van der Waals surface area contributed by atoms with Crippen molar-refractivity contribution in [2.45, 2.75) is 41.5 Å². The zero-order valence-electron chi connectivity index (χ0n) is 12.5. The lowest BCUT2D eigenvalue weighted by molar-refractivity contribution is 1.48. The Morgan fingerprint density at radius 3 is 1.17 bits per heavy atom. The predicted molar refractivity (Wildman–Crippen MR) is 84.9 cm³/mol. The normalized spacial score (nSPS) is 9.00. The van der Waals surface area contributed by atoms with Crippen molar-refractivity contribution in [1.82, 2.24) is 0 Å². The van der Waals surface area contributed by atoms with Crippen LogP contribution >= 0.6 is 0 Å². The molecular weight excluding hydrogens is 220 g/mol. The van der Waals surface area contributed by atoms with E-state index in [2.05, 4.69) is 13.8 Å². The standard InChI is InChI=1S/C12H14N2.2C2H6/c1-7-3-5-10(14)12-8(2)4-6-9(13)11(7)12;2*1-2/h3-6H,13-14H2,1-2H3;2*1-2H3. The van der Waals surface area contributed by atoms with Crippen LogP contribution in [0.15, 0.2) is 24.3 Å². The first-order valence-corrected chi connectivity index (χ1v) is 6.65. The third-order valence-corrected chi connectivity index (χ3v) is 2.64. The van der Waals surface area contributed by atoms with Crippen molar-refractivity contribution in [2.24, 2.45) is 0 Å². The maximum Gasteiger partial charge on any atom is 0.0397 e. The predicted octanol–water partition coefficient (Wildman–Crippen LogP) is 4.67. The van der Waals surface area contributed by atoms with Gasteiger partial charge in [-0.15, -0.1) is 0 Å². The number of nitrogens with two attached hydrogens (primary N) is 2. The first kappa shape index (κ1) is 16.3. The average molecular weight is 246 g/mol. The van der Waals surface area contributed by atoms with Gasteiger partial charge in [-0.1, -0.05) is 39.8 Å². The molecule has 0 amide bonds. The van der Waals surface area contributed by atoms with Crippen LogP contribution in [0, 0.1) is 13.8 Å². The molecule has 2 heteroatoms. The molecule has 0 aliphatic rings. The van der Waals surface area contributed by atoms with Crippen molar-refractivity contribution in [1.29, 1.82) is 0 Å². The van der Waals surface area contributed by atoms with E-state index < -0.39 is 0 Å². The van der Waals surface area contributed by atoms with Gasteiger partial charge in [0.15, 0.2) is 0 Å². The van der Waals surface area contributed by atoms with Crippen LogP contribution in [0.1, 0.15) is 38.8 Å². The van der Waals surface area contributed by atoms with Crippen molar-refractivity contribution in [3.63, 3.8) is 0 Å². The summed E-state index contributed by atoms with van der Waals surface area (Å²) in [5.41, 5.74) is 15.8. The molecule has 2 nitrogen and oxygen atoms in total. The largest absolute Gasteiger partial charge is 0.398 e. The van der Waals surface area contributed by atoms with E-state index in [9.17, 15) is 0 Å². The molecular formula is C16H26N2. The summed E-state index contributed by atoms with van der Waals surface area (Å²) in [6.45, 7) is 12.1. The van der Waals surface area contributed by atoms with Crippen molar-refractivity contribution in [3.05, 3.63) is 35.4 Å². The zero-order valence-corrected chi connectivity index (χ0v) is 12.5. The zero-order chi connectivity index (χ0) is 14.3. The smallest absolute Gasteiger partial charge is 0.0397 e. The molecule has 18 heavy (non-hydrogen) atoms. The molecule has 100 valence electrons. The molecule has 0 atom stereocenters. The summed E-state index contributed by atoms with van der Waals surface area (Å²) >= 11 is 0. The van der Waals surface area contributed by atoms with Gasteiger partial charge < -0.3 is 11.5 Å². The van der Waals surface area contributed by atoms with E-state index in [-0.39, 0.29) is 0 Å². The quantitative estimate of drug-likeness (QED) is 0.663. The highest BCUT2D eigenvalue weighted by Gasteiger charge is 2.06. The molecule has 0 aliphatic carbocycles. The van der Waals surface area contributed by atoms with Crippen LogP contribution in [0.2, 0.25) is 0 Å². The number of hydrogen-bond donors (Lipinski definition) is 2. The van der Waals surface area contributed by atoms with E-state index in [4.69, 9.17) is 11.5 Å². The Hall–Kier alpha value is -1.70. The average Bonchev–Trinajstić information content (AvgIpc) is 2.42. The van der Waals surface area contributed by atoms with Gasteiger partial charge in [-0.2, -0.15) is 0 Å². The minimum Gasteiger partial charge on any atom is -0.398 e. The first-order valence-electron chi connectivity index (χ1n) is 6.65. The van der Waals surface area contributed by atoms with Crippen LogP contribution in [0.3, 0.4) is 0 Å². The summed E-state index contributed by atoms with van der Waals surface area (Å²) < 4.78 is 0. The molecule has 0 radical (unpaired) electrons. The first-order chi connectivity index (χ1) is 8.61. The maximum atomic E-state index is 5.94. The van der Waals surface area contributed by atoms with Crippen LogP contribution < -0.4 is 11.5 Å². The molecule has 0 spiro atoms. The second-order valence-corrected chi connectivity index (χ2v) is 3.69. The minimum absolute atomic E-state index is 0.801. The van der Waals surface area contributed by atoms with Gasteiger partial charge >= 0.3 is 0 Å². The molecule has 0 fully saturated rings. The van der Waals surface area contributed by atoms with Crippen molar-refractivity contribution in [3.8, 4) is 0 Å². The third kappa shape index (κ3) is 3.16. The van der Waals surface area contributed by atoms with Crippen LogP contribution in [0.5, 0.6) is 0 Å². The second-order valence-electron chi connectivity index (χ2n) is 3.69. The van der Waals surface area contributed by atoms with Crippen LogP contribution in [0.25, 0.3) is 10.8 Å². The van der Waals surface area contributed by atoms with Crippen LogP contribution in [-0.4, -0.2) is 0 Å². The Kier molecular flexibility index (Phi) is 6.88. The van der Waals surface area contributed by atoms with Gasteiger partial charge in [0.2, 0.25) is 0 Å². The number of hydrogen-bond acceptors (Lipinski definition) is 2. The highest BCUT2D eigenvalue weighted by molar-refractivity contribution is 6.04. The van der Waals surface area contributed by atoms with E-state index in [0.717, 1.165) is 22.1 Å². The molecule has 2 aromatic rings. The molecule has 0 saturated carbocycles. The summed E-state index contributed by atoms with van der Waals surface area (Å²) in [4.78, 5) is 0. The summed E-state index contributed by atoms with van der Waals surface area (Å²) in [5, 5.41) is 2.18. The Labute approximate surface area is 111 Å². The van der Waals surface area contributed by atoms with Gasteiger partial charge in [0.05, 0.1) is 0 Å². The number of nitrogen functional groups attached to an aromatic ring is 2. The van der Waals surface area contributed by atoms with Crippen LogP contribution in [-0.2, 0) is 0 Å². The van der Waals surface area contributed by atoms with Crippen molar-refractivity contribution >= 4 is 22.1 Å². The Morgan fingerprint density at radius 1 is 0.611 bits per heavy atom. The van der Waals surface area contributed by atoms with E-state index in [1.54, 1.807) is 0 Å². The monoisotopic (exact) mass is 246 g/mol. The molecule has 0 bridgehead atoms. The second kappa shape index (κ2) is 7.59. The topological polar surface area (TPSA) is 52.0 Å². The number of anilines is 2. The van der Waals surface area contributed by atoms with Crippen molar-refractivity contribution in [2.75, 3.05) is 11.5 Å². The molecule has 4 N–H and O–H groups in total. The highest BCUT2D eigenvalue weighted by atomic mass is 14.6. The number of rotatable bonds is 0. The SMILES string of the molecule is CC.CC.Cc1ccc(N)c2c(C)ccc(N)c12. The number of aryl methyl sites for hydroxylation is 2. The fraction of sp³-hybridized carbons (Fsp3) is 0.375. The molecule has 2 rings (SSSR count). The molecule has 0 saturated heterocycles. The van der Waals surface area contributed by atoms with Gasteiger partial charge in [-0.05, 0) is 37.1 Å². The Bertz CT molecular complexity index is 413. The van der Waals surface area contributed by atoms with E-state index >= 15 is 0 Å². The fourth-order valence-corrected chi connectivity index (χ4v) is 1.90. The Balaban J connectivity index is 0.000000659. The van der Waals surface area contributed by atoms with E-state index in [1.165, 1.54) is 11.1 Å². The van der Waals surface area contributed by atoms with E-state index in [0.29, 0.717) is 0 Å². The molecule has 0 aliphatic heterocycles. The minimum atomic E-state index is 0.801. The van der Waals surface area contributed by atoms with Crippen LogP contribution in [0.4, 0.5) is 11.4 Å². The highest BCUT2D eigenvalue weighted by Crippen LogP contribution is 2.31. The van der Waals surface area contributed by atoms with Crippen molar-refractivity contribution < 1.29 is 0 Å². The molecule has 0 heterocycles. The lowest BCUT2D eigenvalue weighted by atomic mass is 9.98. The number of fused-ring (bicyclic) bond motifs is 1. The lowest BCUT2D eigenvalue weighted by Crippen LogP contribution is -1.95. The van der Waals surface area contributed by atoms with Gasteiger partial charge in [-0.25, -0.2) is 0 Å². The Morgan fingerprint density at radius 2 is 0.889 bits per heavy atom. The molecule has 2 aromatic carbocycles. The van der Waals surface area contributed by atoms with E-state index in [1.807, 2.05) is 52.0 Å². The van der Waals surface area contributed by atoms with Gasteiger partial charge in [0.1, 0.15) is 0 Å². The molecule has 0 aromatic heterocycles. The summed E-state index contributed by atoms with van der Waals surface area (Å²) in [5.74, 6) is 0. The van der Waals surface area contributed by atoms with Gasteiger partial charge in [0, 0.05) is 22.1 Å². The lowest BCUT2D eigenvalue weighted by Gasteiger charge is -2.10. The third-order valence-electron chi connectivity index (χ3n) is 2.64. The fourth-order valence-electron chi connectivity index (χ4n) is 1.90. The van der Waals surface area contributed by atoms with Gasteiger partial charge in [-0.3, -0.25) is 0 Å². The maximum absolute atomic E-state index is 5.94. The van der Waals surface area contributed by atoms with Gasteiger partial charge in [0.25, 0.3) is 0 Å².